The van der Waals surface area contributed by atoms with Crippen LogP contribution >= 0.6 is 11.3 Å². The van der Waals surface area contributed by atoms with Crippen LogP contribution in [0.2, 0.25) is 0 Å². The van der Waals surface area contributed by atoms with Crippen LogP contribution in [-0.4, -0.2) is 26.8 Å². The maximum absolute atomic E-state index is 14.4. The number of Topliss-reactive ketones (excluding diaryl/α,β-unsaturated/α-hetero) is 1. The van der Waals surface area contributed by atoms with Gasteiger partial charge < -0.3 is 5.11 Å². The second-order valence-corrected chi connectivity index (χ2v) is 7.62. The second kappa shape index (κ2) is 7.72. The highest BCUT2D eigenvalue weighted by Gasteiger charge is 2.25. The smallest absolute Gasteiger partial charge is 0.337 e. The molecule has 0 fully saturated rings. The lowest BCUT2D eigenvalue weighted by atomic mass is 9.99. The number of hydrogen-bond acceptors (Lipinski definition) is 5. The summed E-state index contributed by atoms with van der Waals surface area (Å²) in [7, 11) is 0. The third kappa shape index (κ3) is 3.46. The number of rotatable bonds is 5. The Labute approximate surface area is 173 Å². The number of carboxylic acids is 1. The van der Waals surface area contributed by atoms with Gasteiger partial charge in [0, 0.05) is 22.4 Å². The van der Waals surface area contributed by atoms with Gasteiger partial charge in [-0.15, -0.1) is 11.3 Å². The van der Waals surface area contributed by atoms with Crippen LogP contribution in [-0.2, 0) is 6.42 Å². The van der Waals surface area contributed by atoms with E-state index in [4.69, 9.17) is 0 Å². The molecule has 1 N–H and O–H groups in total. The molecule has 0 atom stereocenters. The first-order valence-corrected chi connectivity index (χ1v) is 9.78. The number of halogens is 2. The highest BCUT2D eigenvalue weighted by atomic mass is 32.1. The van der Waals surface area contributed by atoms with E-state index in [1.807, 2.05) is 0 Å². The molecule has 0 amide bonds. The van der Waals surface area contributed by atoms with Gasteiger partial charge in [0.25, 0.3) is 0 Å². The summed E-state index contributed by atoms with van der Waals surface area (Å²) in [5.41, 5.74) is 1.07. The van der Waals surface area contributed by atoms with Crippen molar-refractivity contribution >= 4 is 34.1 Å². The molecular formula is C22H14F2N2O3S. The fraction of sp³-hybridized carbons (Fsp3) is 0.0909. The second-order valence-electron chi connectivity index (χ2n) is 6.65. The Kier molecular flexibility index (Phi) is 5.09. The standard InChI is InChI=1S/C22H14F2N2O3S/c1-11-6-7-12(21(24)20(11)23)13-10-30-18(19(13)22(28)29)8-17(27)16-9-25-14-4-2-3-5-15(14)26-16/h2-7,9-10H,8H2,1H3,(H,28,29). The number of para-hydroxylation sites is 2. The fourth-order valence-electron chi connectivity index (χ4n) is 3.14. The molecule has 0 unspecified atom stereocenters. The normalized spacial score (nSPS) is 11.0. The number of thiophene rings is 1. The zero-order chi connectivity index (χ0) is 21.4. The van der Waals surface area contributed by atoms with Gasteiger partial charge in [-0.25, -0.2) is 18.6 Å². The Morgan fingerprint density at radius 3 is 2.50 bits per heavy atom. The third-order valence-electron chi connectivity index (χ3n) is 4.70. The number of carbonyl (C=O) groups excluding carboxylic acids is 1. The number of aromatic carboxylic acids is 1. The summed E-state index contributed by atoms with van der Waals surface area (Å²) in [5.74, 6) is -3.88. The van der Waals surface area contributed by atoms with Crippen molar-refractivity contribution in [1.29, 1.82) is 0 Å². The Bertz CT molecular complexity index is 1320. The largest absolute Gasteiger partial charge is 0.478 e. The molecular weight excluding hydrogens is 410 g/mol. The Morgan fingerprint density at radius 1 is 1.03 bits per heavy atom. The summed E-state index contributed by atoms with van der Waals surface area (Å²) in [6.07, 6.45) is 1.10. The van der Waals surface area contributed by atoms with Crippen LogP contribution in [0.15, 0.2) is 48.0 Å². The van der Waals surface area contributed by atoms with Crippen LogP contribution in [0, 0.1) is 18.6 Å². The van der Waals surface area contributed by atoms with E-state index in [1.165, 1.54) is 30.6 Å². The van der Waals surface area contributed by atoms with E-state index < -0.39 is 23.4 Å². The number of hydrogen-bond donors (Lipinski definition) is 1. The number of ketones is 1. The number of fused-ring (bicyclic) bond motifs is 1. The predicted octanol–water partition coefficient (Wildman–Crippen LogP) is 5.07. The Hall–Kier alpha value is -3.52. The summed E-state index contributed by atoms with van der Waals surface area (Å²) in [6.45, 7) is 1.42. The minimum absolute atomic E-state index is 0.0382. The van der Waals surface area contributed by atoms with E-state index in [0.29, 0.717) is 11.0 Å². The lowest BCUT2D eigenvalue weighted by Crippen LogP contribution is -2.09. The van der Waals surface area contributed by atoms with E-state index in [1.54, 1.807) is 24.3 Å². The molecule has 150 valence electrons. The molecule has 0 radical (unpaired) electrons. The minimum atomic E-state index is -1.32. The minimum Gasteiger partial charge on any atom is -0.478 e. The molecule has 2 aromatic heterocycles. The molecule has 0 saturated heterocycles. The number of carbonyl (C=O) groups is 2. The van der Waals surface area contributed by atoms with Crippen molar-refractivity contribution in [3.63, 3.8) is 0 Å². The topological polar surface area (TPSA) is 80.2 Å². The van der Waals surface area contributed by atoms with E-state index >= 15 is 0 Å². The monoisotopic (exact) mass is 424 g/mol. The molecule has 2 aromatic carbocycles. The molecule has 2 heterocycles. The van der Waals surface area contributed by atoms with E-state index in [9.17, 15) is 23.5 Å². The SMILES string of the molecule is Cc1ccc(-c2csc(CC(=O)c3cnc4ccccc4n3)c2C(=O)O)c(F)c1F. The summed E-state index contributed by atoms with van der Waals surface area (Å²) >= 11 is 1.01. The van der Waals surface area contributed by atoms with Crippen molar-refractivity contribution in [1.82, 2.24) is 9.97 Å². The first-order chi connectivity index (χ1) is 14.4. The highest BCUT2D eigenvalue weighted by Crippen LogP contribution is 2.35. The van der Waals surface area contributed by atoms with Crippen LogP contribution in [0.5, 0.6) is 0 Å². The van der Waals surface area contributed by atoms with Crippen LogP contribution in [0.4, 0.5) is 8.78 Å². The van der Waals surface area contributed by atoms with E-state index in [-0.39, 0.29) is 39.2 Å². The van der Waals surface area contributed by atoms with E-state index in [2.05, 4.69) is 9.97 Å². The number of carboxylic acid groups (broad SMARTS) is 1. The van der Waals surface area contributed by atoms with Gasteiger partial charge in [-0.1, -0.05) is 24.3 Å². The molecule has 0 bridgehead atoms. The van der Waals surface area contributed by atoms with Crippen molar-refractivity contribution in [2.24, 2.45) is 0 Å². The number of benzene rings is 2. The van der Waals surface area contributed by atoms with Gasteiger partial charge in [0.05, 0.1) is 22.8 Å². The Morgan fingerprint density at radius 2 is 1.77 bits per heavy atom. The van der Waals surface area contributed by atoms with Gasteiger partial charge in [0.2, 0.25) is 0 Å². The van der Waals surface area contributed by atoms with Gasteiger partial charge >= 0.3 is 5.97 Å². The Balaban J connectivity index is 1.72. The number of aromatic nitrogens is 2. The van der Waals surface area contributed by atoms with Gasteiger partial charge in [0.15, 0.2) is 17.4 Å². The van der Waals surface area contributed by atoms with Crippen molar-refractivity contribution in [3.8, 4) is 11.1 Å². The molecule has 4 aromatic rings. The van der Waals surface area contributed by atoms with Crippen molar-refractivity contribution < 1.29 is 23.5 Å². The summed E-state index contributed by atoms with van der Waals surface area (Å²) < 4.78 is 28.4. The van der Waals surface area contributed by atoms with Crippen LogP contribution in [0.1, 0.15) is 31.3 Å². The maximum Gasteiger partial charge on any atom is 0.337 e. The van der Waals surface area contributed by atoms with Gasteiger partial charge in [0.1, 0.15) is 5.69 Å². The van der Waals surface area contributed by atoms with E-state index in [0.717, 1.165) is 11.3 Å². The first-order valence-electron chi connectivity index (χ1n) is 8.90. The molecule has 5 nitrogen and oxygen atoms in total. The average Bonchev–Trinajstić information content (AvgIpc) is 3.15. The van der Waals surface area contributed by atoms with Gasteiger partial charge in [-0.3, -0.25) is 9.78 Å². The van der Waals surface area contributed by atoms with Crippen LogP contribution in [0.3, 0.4) is 0 Å². The quantitative estimate of drug-likeness (QED) is 0.453. The maximum atomic E-state index is 14.4. The summed E-state index contributed by atoms with van der Waals surface area (Å²) in [4.78, 5) is 33.3. The average molecular weight is 424 g/mol. The fourth-order valence-corrected chi connectivity index (χ4v) is 4.18. The molecule has 4 rings (SSSR count). The molecule has 0 aliphatic carbocycles. The molecule has 8 heteroatoms. The number of nitrogens with zero attached hydrogens (tertiary/aromatic N) is 2. The van der Waals surface area contributed by atoms with Crippen molar-refractivity contribution in [2.45, 2.75) is 13.3 Å². The molecule has 0 saturated carbocycles. The van der Waals surface area contributed by atoms with Gasteiger partial charge in [-0.05, 0) is 30.0 Å². The molecule has 30 heavy (non-hydrogen) atoms. The van der Waals surface area contributed by atoms with Gasteiger partial charge in [-0.2, -0.15) is 0 Å². The summed E-state index contributed by atoms with van der Waals surface area (Å²) in [6, 6.07) is 9.78. The van der Waals surface area contributed by atoms with Crippen LogP contribution < -0.4 is 0 Å². The molecule has 0 spiro atoms. The zero-order valence-electron chi connectivity index (χ0n) is 15.6. The first kappa shape index (κ1) is 19.8. The van der Waals surface area contributed by atoms with Crippen molar-refractivity contribution in [3.05, 3.63) is 81.3 Å². The number of aryl methyl sites for hydroxylation is 1. The van der Waals surface area contributed by atoms with Crippen LogP contribution in [0.25, 0.3) is 22.2 Å². The third-order valence-corrected chi connectivity index (χ3v) is 5.69. The lowest BCUT2D eigenvalue weighted by Gasteiger charge is -2.07. The zero-order valence-corrected chi connectivity index (χ0v) is 16.5. The molecule has 0 aliphatic heterocycles. The summed E-state index contributed by atoms with van der Waals surface area (Å²) in [5, 5.41) is 11.1. The lowest BCUT2D eigenvalue weighted by molar-refractivity contribution is 0.0697. The predicted molar refractivity (Wildman–Crippen MR) is 109 cm³/mol. The molecule has 0 aliphatic rings. The van der Waals surface area contributed by atoms with Crippen molar-refractivity contribution in [2.75, 3.05) is 0 Å². The highest BCUT2D eigenvalue weighted by molar-refractivity contribution is 7.11.